The number of aromatic nitrogens is 1. The summed E-state index contributed by atoms with van der Waals surface area (Å²) < 4.78 is 4.89. The van der Waals surface area contributed by atoms with Crippen molar-refractivity contribution >= 4 is 33.2 Å². The summed E-state index contributed by atoms with van der Waals surface area (Å²) in [5.41, 5.74) is 12.0. The minimum Gasteiger partial charge on any atom is -0.465 e. The summed E-state index contributed by atoms with van der Waals surface area (Å²) in [6.45, 7) is 0. The monoisotopic (exact) mass is 366 g/mol. The quantitative estimate of drug-likeness (QED) is 0.698. The number of carbonyl (C=O) groups excluding carboxylic acids is 1. The van der Waals surface area contributed by atoms with Crippen molar-refractivity contribution in [3.63, 3.8) is 0 Å². The molecule has 2 N–H and O–H groups in total. The van der Waals surface area contributed by atoms with Gasteiger partial charge < -0.3 is 10.5 Å². The van der Waals surface area contributed by atoms with E-state index in [1.165, 1.54) is 41.6 Å². The molecule has 5 heteroatoms. The summed E-state index contributed by atoms with van der Waals surface area (Å²) in [6.07, 6.45) is 6.28. The molecule has 3 aromatic rings. The molecule has 0 bridgehead atoms. The highest BCUT2D eigenvalue weighted by Gasteiger charge is 2.25. The minimum atomic E-state index is -0.374. The Bertz CT molecular complexity index is 963. The maximum absolute atomic E-state index is 12.0. The van der Waals surface area contributed by atoms with E-state index < -0.39 is 0 Å². The molecule has 0 spiro atoms. The van der Waals surface area contributed by atoms with Crippen LogP contribution in [0.2, 0.25) is 0 Å². The van der Waals surface area contributed by atoms with Crippen LogP contribution in [0.3, 0.4) is 0 Å². The van der Waals surface area contributed by atoms with Gasteiger partial charge in [-0.25, -0.2) is 9.78 Å². The van der Waals surface area contributed by atoms with Crippen LogP contribution in [0.4, 0.5) is 5.69 Å². The first kappa shape index (κ1) is 17.0. The molecule has 1 aliphatic carbocycles. The van der Waals surface area contributed by atoms with Crippen LogP contribution in [0.25, 0.3) is 10.2 Å². The Morgan fingerprint density at radius 1 is 1.15 bits per heavy atom. The SMILES string of the molecule is COC(=O)c1sc2nc(CCc3ccccc3)c3c(c2c1N)CCCC3. The van der Waals surface area contributed by atoms with Crippen LogP contribution >= 0.6 is 11.3 Å². The fraction of sp³-hybridized carbons (Fsp3) is 0.333. The van der Waals surface area contributed by atoms with Crippen molar-refractivity contribution in [2.75, 3.05) is 12.8 Å². The van der Waals surface area contributed by atoms with Gasteiger partial charge in [-0.1, -0.05) is 30.3 Å². The van der Waals surface area contributed by atoms with Crippen molar-refractivity contribution in [2.45, 2.75) is 38.5 Å². The summed E-state index contributed by atoms with van der Waals surface area (Å²) in [6, 6.07) is 10.5. The van der Waals surface area contributed by atoms with E-state index >= 15 is 0 Å². The van der Waals surface area contributed by atoms with E-state index in [0.717, 1.165) is 48.0 Å². The van der Waals surface area contributed by atoms with Crippen LogP contribution in [0.1, 0.15) is 44.9 Å². The Kier molecular flexibility index (Phi) is 4.64. The number of hydrogen-bond acceptors (Lipinski definition) is 5. The largest absolute Gasteiger partial charge is 0.465 e. The highest BCUT2D eigenvalue weighted by Crippen LogP contribution is 2.40. The number of thiophene rings is 1. The molecule has 2 aromatic heterocycles. The fourth-order valence-corrected chi connectivity index (χ4v) is 4.91. The zero-order valence-corrected chi connectivity index (χ0v) is 15.7. The molecule has 0 fully saturated rings. The molecule has 0 atom stereocenters. The number of hydrogen-bond donors (Lipinski definition) is 1. The number of esters is 1. The maximum Gasteiger partial charge on any atom is 0.350 e. The molecule has 1 aromatic carbocycles. The molecule has 0 amide bonds. The number of carbonyl (C=O) groups is 1. The van der Waals surface area contributed by atoms with Crippen LogP contribution in [0.15, 0.2) is 30.3 Å². The molecule has 4 nitrogen and oxygen atoms in total. The number of pyridine rings is 1. The average Bonchev–Trinajstić information content (AvgIpc) is 3.03. The lowest BCUT2D eigenvalue weighted by molar-refractivity contribution is 0.0607. The topological polar surface area (TPSA) is 65.2 Å². The molecular weight excluding hydrogens is 344 g/mol. The third-order valence-corrected chi connectivity index (χ3v) is 6.22. The second-order valence-electron chi connectivity index (χ2n) is 6.72. The summed E-state index contributed by atoms with van der Waals surface area (Å²) in [5, 5.41) is 0.980. The van der Waals surface area contributed by atoms with Crippen molar-refractivity contribution in [1.29, 1.82) is 0 Å². The second-order valence-corrected chi connectivity index (χ2v) is 7.72. The van der Waals surface area contributed by atoms with E-state index in [1.54, 1.807) is 0 Å². The number of nitrogen functional groups attached to an aromatic ring is 1. The number of methoxy groups -OCH3 is 1. The Morgan fingerprint density at radius 2 is 1.88 bits per heavy atom. The summed E-state index contributed by atoms with van der Waals surface area (Å²) in [4.78, 5) is 18.3. The van der Waals surface area contributed by atoms with Crippen LogP contribution in [0.5, 0.6) is 0 Å². The van der Waals surface area contributed by atoms with Gasteiger partial charge in [0.25, 0.3) is 0 Å². The van der Waals surface area contributed by atoms with Gasteiger partial charge in [0, 0.05) is 11.1 Å². The molecule has 0 saturated carbocycles. The molecular formula is C21H22N2O2S. The highest BCUT2D eigenvalue weighted by atomic mass is 32.1. The van der Waals surface area contributed by atoms with E-state index in [0.29, 0.717) is 10.6 Å². The van der Waals surface area contributed by atoms with E-state index in [2.05, 4.69) is 24.3 Å². The summed E-state index contributed by atoms with van der Waals surface area (Å²) >= 11 is 1.35. The van der Waals surface area contributed by atoms with E-state index in [-0.39, 0.29) is 5.97 Å². The molecule has 2 heterocycles. The Morgan fingerprint density at radius 3 is 2.62 bits per heavy atom. The minimum absolute atomic E-state index is 0.374. The third kappa shape index (κ3) is 2.97. The fourth-order valence-electron chi connectivity index (χ4n) is 3.85. The van der Waals surface area contributed by atoms with Crippen LogP contribution in [0, 0.1) is 0 Å². The molecule has 0 unspecified atom stereocenters. The van der Waals surface area contributed by atoms with Gasteiger partial charge in [-0.05, 0) is 55.2 Å². The van der Waals surface area contributed by atoms with Crippen molar-refractivity contribution in [3.05, 3.63) is 57.6 Å². The molecule has 0 aliphatic heterocycles. The van der Waals surface area contributed by atoms with Gasteiger partial charge >= 0.3 is 5.97 Å². The Labute approximate surface area is 157 Å². The van der Waals surface area contributed by atoms with Crippen LogP contribution in [-0.4, -0.2) is 18.1 Å². The summed E-state index contributed by atoms with van der Waals surface area (Å²) in [5.74, 6) is -0.374. The number of fused-ring (bicyclic) bond motifs is 3. The number of nitrogens with two attached hydrogens (primary N) is 1. The molecule has 134 valence electrons. The van der Waals surface area contributed by atoms with Gasteiger partial charge in [-0.15, -0.1) is 11.3 Å². The number of benzene rings is 1. The van der Waals surface area contributed by atoms with Crippen molar-refractivity contribution in [1.82, 2.24) is 4.98 Å². The zero-order valence-electron chi connectivity index (χ0n) is 14.9. The van der Waals surface area contributed by atoms with Crippen molar-refractivity contribution in [3.8, 4) is 0 Å². The van der Waals surface area contributed by atoms with Crippen LogP contribution < -0.4 is 5.73 Å². The number of rotatable bonds is 4. The standard InChI is InChI=1S/C21H22N2O2S/c1-25-21(24)19-18(22)17-15-10-6-5-9-14(15)16(23-20(17)26-19)12-11-13-7-3-2-4-8-13/h2-4,7-8H,5-6,9-12,22H2,1H3. The van der Waals surface area contributed by atoms with E-state index in [4.69, 9.17) is 15.5 Å². The lowest BCUT2D eigenvalue weighted by atomic mass is 9.87. The Balaban J connectivity index is 1.79. The molecule has 0 radical (unpaired) electrons. The van der Waals surface area contributed by atoms with Crippen LogP contribution in [-0.2, 0) is 30.4 Å². The number of nitrogens with zero attached hydrogens (tertiary/aromatic N) is 1. The average molecular weight is 366 g/mol. The normalized spacial score (nSPS) is 13.6. The first-order valence-electron chi connectivity index (χ1n) is 9.04. The molecule has 0 saturated heterocycles. The highest BCUT2D eigenvalue weighted by molar-refractivity contribution is 7.21. The lowest BCUT2D eigenvalue weighted by Crippen LogP contribution is -2.10. The second kappa shape index (κ2) is 7.08. The predicted octanol–water partition coefficient (Wildman–Crippen LogP) is 4.33. The zero-order chi connectivity index (χ0) is 18.1. The first-order valence-corrected chi connectivity index (χ1v) is 9.85. The Hall–Kier alpha value is -2.40. The predicted molar refractivity (Wildman–Crippen MR) is 106 cm³/mol. The van der Waals surface area contributed by atoms with Gasteiger partial charge in [0.2, 0.25) is 0 Å². The van der Waals surface area contributed by atoms with Gasteiger partial charge in [-0.2, -0.15) is 0 Å². The van der Waals surface area contributed by atoms with Gasteiger partial charge in [-0.3, -0.25) is 0 Å². The third-order valence-electron chi connectivity index (χ3n) is 5.15. The first-order chi connectivity index (χ1) is 12.7. The molecule has 4 rings (SSSR count). The van der Waals surface area contributed by atoms with Crippen molar-refractivity contribution < 1.29 is 9.53 Å². The number of ether oxygens (including phenoxy) is 1. The number of anilines is 1. The maximum atomic E-state index is 12.0. The molecule has 26 heavy (non-hydrogen) atoms. The van der Waals surface area contributed by atoms with Gasteiger partial charge in [0.1, 0.15) is 9.71 Å². The van der Waals surface area contributed by atoms with Gasteiger partial charge in [0.05, 0.1) is 12.8 Å². The van der Waals surface area contributed by atoms with Crippen molar-refractivity contribution in [2.24, 2.45) is 0 Å². The van der Waals surface area contributed by atoms with E-state index in [1.807, 2.05) is 6.07 Å². The number of aryl methyl sites for hydroxylation is 3. The molecule has 1 aliphatic rings. The van der Waals surface area contributed by atoms with E-state index in [9.17, 15) is 4.79 Å². The van der Waals surface area contributed by atoms with Gasteiger partial charge in [0.15, 0.2) is 0 Å². The summed E-state index contributed by atoms with van der Waals surface area (Å²) in [7, 11) is 1.39. The smallest absolute Gasteiger partial charge is 0.350 e. The lowest BCUT2D eigenvalue weighted by Gasteiger charge is -2.20.